The van der Waals surface area contributed by atoms with Crippen molar-refractivity contribution in [2.45, 2.75) is 0 Å². The van der Waals surface area contributed by atoms with Crippen LogP contribution in [0, 0.1) is 5.82 Å². The number of nitrogens with two attached hydrogens (primary N) is 1. The molecule has 0 unspecified atom stereocenters. The van der Waals surface area contributed by atoms with E-state index in [1.165, 1.54) is 24.4 Å². The van der Waals surface area contributed by atoms with Crippen LogP contribution in [0.15, 0.2) is 41.2 Å². The molecule has 0 saturated heterocycles. The van der Waals surface area contributed by atoms with Crippen LogP contribution in [0.1, 0.15) is 0 Å². The summed E-state index contributed by atoms with van der Waals surface area (Å²) in [5, 5.41) is 3.83. The summed E-state index contributed by atoms with van der Waals surface area (Å²) < 4.78 is 18.2. The van der Waals surface area contributed by atoms with Crippen molar-refractivity contribution in [1.82, 2.24) is 15.1 Å². The predicted octanol–water partition coefficient (Wildman–Crippen LogP) is 3.17. The van der Waals surface area contributed by atoms with E-state index in [0.717, 1.165) is 0 Å². The number of pyridine rings is 1. The van der Waals surface area contributed by atoms with Crippen molar-refractivity contribution < 1.29 is 8.91 Å². The van der Waals surface area contributed by atoms with Gasteiger partial charge >= 0.3 is 0 Å². The van der Waals surface area contributed by atoms with E-state index in [-0.39, 0.29) is 10.9 Å². The fourth-order valence-electron chi connectivity index (χ4n) is 1.67. The zero-order chi connectivity index (χ0) is 14.1. The van der Waals surface area contributed by atoms with Gasteiger partial charge in [0.1, 0.15) is 5.82 Å². The average Bonchev–Trinajstić information content (AvgIpc) is 2.92. The van der Waals surface area contributed by atoms with Crippen LogP contribution in [0.25, 0.3) is 22.8 Å². The van der Waals surface area contributed by atoms with Crippen LogP contribution in [0.3, 0.4) is 0 Å². The van der Waals surface area contributed by atoms with Gasteiger partial charge in [0.05, 0.1) is 16.3 Å². The molecule has 0 aliphatic rings. The van der Waals surface area contributed by atoms with Gasteiger partial charge in [0.2, 0.25) is 5.82 Å². The van der Waals surface area contributed by atoms with Gasteiger partial charge in [-0.2, -0.15) is 4.98 Å². The molecule has 5 nitrogen and oxygen atoms in total. The molecule has 2 aromatic heterocycles. The maximum Gasteiger partial charge on any atom is 0.259 e. The van der Waals surface area contributed by atoms with Gasteiger partial charge in [0, 0.05) is 18.0 Å². The van der Waals surface area contributed by atoms with Crippen LogP contribution in [0.2, 0.25) is 5.02 Å². The minimum Gasteiger partial charge on any atom is -0.397 e. The second-order valence-electron chi connectivity index (χ2n) is 4.06. The van der Waals surface area contributed by atoms with Gasteiger partial charge < -0.3 is 10.3 Å². The smallest absolute Gasteiger partial charge is 0.259 e. The maximum absolute atomic E-state index is 13.1. The van der Waals surface area contributed by atoms with Gasteiger partial charge in [-0.15, -0.1) is 0 Å². The summed E-state index contributed by atoms with van der Waals surface area (Å²) in [6, 6.07) is 5.87. The zero-order valence-electron chi connectivity index (χ0n) is 10.0. The second kappa shape index (κ2) is 4.90. The highest BCUT2D eigenvalue weighted by Crippen LogP contribution is 2.25. The predicted molar refractivity (Wildman–Crippen MR) is 72.3 cm³/mol. The van der Waals surface area contributed by atoms with E-state index in [1.54, 1.807) is 12.3 Å². The summed E-state index contributed by atoms with van der Waals surface area (Å²) in [7, 11) is 0. The molecule has 0 bridgehead atoms. The first-order valence-electron chi connectivity index (χ1n) is 5.63. The minimum atomic E-state index is -0.501. The largest absolute Gasteiger partial charge is 0.397 e. The highest BCUT2D eigenvalue weighted by molar-refractivity contribution is 6.31. The molecular weight excluding hydrogens is 283 g/mol. The molecule has 0 atom stereocenters. The van der Waals surface area contributed by atoms with Crippen molar-refractivity contribution in [3.05, 3.63) is 47.5 Å². The Morgan fingerprint density at radius 1 is 1.15 bits per heavy atom. The minimum absolute atomic E-state index is 0.000489. The van der Waals surface area contributed by atoms with Crippen LogP contribution in [0.4, 0.5) is 10.1 Å². The van der Waals surface area contributed by atoms with E-state index in [9.17, 15) is 4.39 Å². The maximum atomic E-state index is 13.1. The molecule has 0 aliphatic heterocycles. The van der Waals surface area contributed by atoms with E-state index in [1.807, 2.05) is 0 Å². The quantitative estimate of drug-likeness (QED) is 0.784. The molecule has 3 aromatic rings. The molecule has 2 N–H and O–H groups in total. The van der Waals surface area contributed by atoms with Crippen LogP contribution in [-0.4, -0.2) is 15.1 Å². The molecule has 0 radical (unpaired) electrons. The first-order chi connectivity index (χ1) is 9.63. The molecule has 0 fully saturated rings. The summed E-state index contributed by atoms with van der Waals surface area (Å²) in [5.41, 5.74) is 7.30. The number of hydrogen-bond acceptors (Lipinski definition) is 5. The number of anilines is 1. The molecule has 20 heavy (non-hydrogen) atoms. The Balaban J connectivity index is 1.99. The van der Waals surface area contributed by atoms with Gasteiger partial charge in [0.15, 0.2) is 0 Å². The number of nitrogen functional groups attached to an aromatic ring is 1. The van der Waals surface area contributed by atoms with Crippen molar-refractivity contribution in [3.63, 3.8) is 0 Å². The molecule has 7 heteroatoms. The summed E-state index contributed by atoms with van der Waals surface area (Å²) in [5.74, 6) is 0.0868. The highest BCUT2D eigenvalue weighted by Gasteiger charge is 2.12. The van der Waals surface area contributed by atoms with Crippen molar-refractivity contribution in [2.24, 2.45) is 0 Å². The Bertz CT molecular complexity index is 775. The number of nitrogens with zero attached hydrogens (tertiary/aromatic N) is 3. The molecule has 0 amide bonds. The molecule has 2 heterocycles. The van der Waals surface area contributed by atoms with Crippen molar-refractivity contribution in [1.29, 1.82) is 0 Å². The lowest BCUT2D eigenvalue weighted by molar-refractivity contribution is 0.432. The first kappa shape index (κ1) is 12.6. The van der Waals surface area contributed by atoms with Crippen molar-refractivity contribution >= 4 is 17.3 Å². The monoisotopic (exact) mass is 290 g/mol. The third kappa shape index (κ3) is 2.33. The summed E-state index contributed by atoms with van der Waals surface area (Å²) >= 11 is 5.72. The Morgan fingerprint density at radius 3 is 2.75 bits per heavy atom. The van der Waals surface area contributed by atoms with Gasteiger partial charge in [-0.3, -0.25) is 4.98 Å². The lowest BCUT2D eigenvalue weighted by atomic mass is 10.2. The fourth-order valence-corrected chi connectivity index (χ4v) is 1.85. The third-order valence-corrected chi connectivity index (χ3v) is 2.90. The molecule has 1 aromatic carbocycles. The second-order valence-corrected chi connectivity index (χ2v) is 4.47. The molecule has 100 valence electrons. The van der Waals surface area contributed by atoms with E-state index in [4.69, 9.17) is 21.9 Å². The van der Waals surface area contributed by atoms with Gasteiger partial charge in [-0.05, 0) is 24.3 Å². The Kier molecular flexibility index (Phi) is 3.08. The normalized spacial score (nSPS) is 10.7. The van der Waals surface area contributed by atoms with Crippen molar-refractivity contribution in [2.75, 3.05) is 5.73 Å². The highest BCUT2D eigenvalue weighted by atomic mass is 35.5. The fraction of sp³-hybridized carbons (Fsp3) is 0. The van der Waals surface area contributed by atoms with Crippen LogP contribution in [-0.2, 0) is 0 Å². The zero-order valence-corrected chi connectivity index (χ0v) is 10.8. The van der Waals surface area contributed by atoms with E-state index in [2.05, 4.69) is 15.1 Å². The van der Waals surface area contributed by atoms with Gasteiger partial charge in [-0.1, -0.05) is 16.8 Å². The SMILES string of the molecule is Nc1cncc(-c2nc(-c3ccc(F)c(Cl)c3)no2)c1. The number of halogens is 2. The van der Waals surface area contributed by atoms with E-state index >= 15 is 0 Å². The summed E-state index contributed by atoms with van der Waals surface area (Å²) in [4.78, 5) is 8.15. The van der Waals surface area contributed by atoms with Gasteiger partial charge in [0.25, 0.3) is 5.89 Å². The van der Waals surface area contributed by atoms with Crippen LogP contribution in [0.5, 0.6) is 0 Å². The first-order valence-corrected chi connectivity index (χ1v) is 6.01. The third-order valence-electron chi connectivity index (χ3n) is 2.61. The molecule has 0 aliphatic carbocycles. The Hall–Kier alpha value is -2.47. The Labute approximate surface area is 118 Å². The summed E-state index contributed by atoms with van der Waals surface area (Å²) in [6.45, 7) is 0. The van der Waals surface area contributed by atoms with Crippen LogP contribution >= 0.6 is 11.6 Å². The molecule has 3 rings (SSSR count). The molecule has 0 spiro atoms. The molecular formula is C13H8ClFN4O. The van der Waals surface area contributed by atoms with E-state index < -0.39 is 5.82 Å². The number of rotatable bonds is 2. The Morgan fingerprint density at radius 2 is 2.00 bits per heavy atom. The van der Waals surface area contributed by atoms with Crippen molar-refractivity contribution in [3.8, 4) is 22.8 Å². The lowest BCUT2D eigenvalue weighted by Crippen LogP contribution is -1.88. The topological polar surface area (TPSA) is 77.8 Å². The van der Waals surface area contributed by atoms with E-state index in [0.29, 0.717) is 22.6 Å². The number of benzene rings is 1. The average molecular weight is 291 g/mol. The molecule has 0 saturated carbocycles. The summed E-state index contributed by atoms with van der Waals surface area (Å²) in [6.07, 6.45) is 3.08. The lowest BCUT2D eigenvalue weighted by Gasteiger charge is -1.96. The number of aromatic nitrogens is 3. The van der Waals surface area contributed by atoms with Gasteiger partial charge in [-0.25, -0.2) is 4.39 Å². The number of hydrogen-bond donors (Lipinski definition) is 1. The standard InChI is InChI=1S/C13H8ClFN4O/c14-10-4-7(1-2-11(10)15)12-18-13(20-19-12)8-3-9(16)6-17-5-8/h1-6H,16H2. The van der Waals surface area contributed by atoms with Crippen LogP contribution < -0.4 is 5.73 Å².